The normalized spacial score (nSPS) is 21.7. The van der Waals surface area contributed by atoms with E-state index >= 15 is 0 Å². The van der Waals surface area contributed by atoms with Crippen molar-refractivity contribution in [2.45, 2.75) is 40.2 Å². The van der Waals surface area contributed by atoms with Crippen molar-refractivity contribution in [1.29, 1.82) is 0 Å². The molecule has 0 saturated carbocycles. The molecule has 28 heavy (non-hydrogen) atoms. The Balaban J connectivity index is 1.44. The molecule has 2 amide bonds. The minimum absolute atomic E-state index is 0.00877. The minimum Gasteiger partial charge on any atom is -0.330 e. The van der Waals surface area contributed by atoms with Gasteiger partial charge in [0.15, 0.2) is 5.13 Å². The van der Waals surface area contributed by atoms with Crippen LogP contribution in [0, 0.1) is 19.8 Å². The number of anilines is 2. The van der Waals surface area contributed by atoms with Crippen LogP contribution in [-0.2, 0) is 22.6 Å². The second-order valence-corrected chi connectivity index (χ2v) is 8.87. The number of amides is 2. The largest absolute Gasteiger partial charge is 0.330 e. The quantitative estimate of drug-likeness (QED) is 0.823. The highest BCUT2D eigenvalue weighted by atomic mass is 32.1. The number of fused-ring (bicyclic) bond motifs is 1. The molecular formula is C21H27N4O2S+. The van der Waals surface area contributed by atoms with Gasteiger partial charge in [-0.3, -0.25) is 9.59 Å². The maximum absolute atomic E-state index is 12.8. The molecule has 1 fully saturated rings. The molecule has 3 heterocycles. The van der Waals surface area contributed by atoms with Crippen molar-refractivity contribution < 1.29 is 14.5 Å². The van der Waals surface area contributed by atoms with Crippen LogP contribution >= 0.6 is 11.3 Å². The van der Waals surface area contributed by atoms with E-state index in [1.807, 2.05) is 32.0 Å². The lowest BCUT2D eigenvalue weighted by Gasteiger charge is -2.20. The lowest BCUT2D eigenvalue weighted by atomic mass is 10.1. The summed E-state index contributed by atoms with van der Waals surface area (Å²) in [6.45, 7) is 9.88. The van der Waals surface area contributed by atoms with Crippen LogP contribution in [0.2, 0.25) is 0 Å². The van der Waals surface area contributed by atoms with Crippen LogP contribution in [0.1, 0.15) is 35.0 Å². The Morgan fingerprint density at radius 2 is 2.21 bits per heavy atom. The number of likely N-dealkylation sites (N-methyl/N-ethyl adjacent to an activating group) is 1. The topological polar surface area (TPSA) is 66.7 Å². The molecule has 1 unspecified atom stereocenters. The number of benzene rings is 1. The first-order valence-corrected chi connectivity index (χ1v) is 10.8. The zero-order valence-corrected chi connectivity index (χ0v) is 17.5. The summed E-state index contributed by atoms with van der Waals surface area (Å²) in [5.74, 6) is -0.437. The molecule has 2 N–H and O–H groups in total. The average Bonchev–Trinajstić information content (AvgIpc) is 3.26. The number of nitrogens with one attached hydrogen (secondary N) is 2. The van der Waals surface area contributed by atoms with Crippen LogP contribution in [-0.4, -0.2) is 36.4 Å². The van der Waals surface area contributed by atoms with Crippen LogP contribution in [0.5, 0.6) is 0 Å². The first-order chi connectivity index (χ1) is 13.5. The predicted molar refractivity (Wildman–Crippen MR) is 111 cm³/mol. The van der Waals surface area contributed by atoms with Gasteiger partial charge in [-0.25, -0.2) is 4.98 Å². The van der Waals surface area contributed by atoms with Crippen LogP contribution in [0.4, 0.5) is 10.8 Å². The van der Waals surface area contributed by atoms with Crippen molar-refractivity contribution in [3.05, 3.63) is 39.9 Å². The van der Waals surface area contributed by atoms with Gasteiger partial charge in [-0.1, -0.05) is 23.5 Å². The predicted octanol–water partition coefficient (Wildman–Crippen LogP) is 1.71. The lowest BCUT2D eigenvalue weighted by molar-refractivity contribution is -0.913. The molecule has 2 aliphatic rings. The fraction of sp³-hybridized carbons (Fsp3) is 0.476. The van der Waals surface area contributed by atoms with E-state index in [0.29, 0.717) is 11.7 Å². The number of aryl methyl sites for hydroxylation is 1. The van der Waals surface area contributed by atoms with Gasteiger partial charge in [-0.15, -0.1) is 0 Å². The number of carbonyl (C=O) groups is 2. The molecule has 1 saturated heterocycles. The first-order valence-electron chi connectivity index (χ1n) is 9.95. The zero-order valence-electron chi connectivity index (χ0n) is 16.7. The monoisotopic (exact) mass is 399 g/mol. The van der Waals surface area contributed by atoms with Crippen LogP contribution in [0.3, 0.4) is 0 Å². The third-order valence-electron chi connectivity index (χ3n) is 6.00. The molecule has 6 nitrogen and oxygen atoms in total. The summed E-state index contributed by atoms with van der Waals surface area (Å²) < 4.78 is 0. The van der Waals surface area contributed by atoms with Crippen molar-refractivity contribution in [1.82, 2.24) is 4.98 Å². The summed E-state index contributed by atoms with van der Waals surface area (Å²) >= 11 is 1.58. The highest BCUT2D eigenvalue weighted by Crippen LogP contribution is 2.31. The van der Waals surface area contributed by atoms with E-state index < -0.39 is 0 Å². The van der Waals surface area contributed by atoms with E-state index in [0.717, 1.165) is 48.6 Å². The molecule has 2 aromatic rings. The molecule has 0 radical (unpaired) electrons. The van der Waals surface area contributed by atoms with Gasteiger partial charge in [0.1, 0.15) is 6.54 Å². The van der Waals surface area contributed by atoms with Crippen molar-refractivity contribution in [2.24, 2.45) is 5.92 Å². The van der Waals surface area contributed by atoms with Gasteiger partial charge in [0.05, 0.1) is 29.6 Å². The number of hydrogen-bond donors (Lipinski definition) is 2. The van der Waals surface area contributed by atoms with E-state index in [2.05, 4.69) is 17.2 Å². The van der Waals surface area contributed by atoms with Crippen LogP contribution in [0.25, 0.3) is 0 Å². The molecule has 0 aliphatic carbocycles. The SMILES string of the molecule is CC[NH+]1CCc2nc(NC(=O)[C@@H]3CC(=O)N(c4cccc(C)c4C)C3)sc2C1. The van der Waals surface area contributed by atoms with E-state index in [1.165, 1.54) is 4.88 Å². The smallest absolute Gasteiger partial charge is 0.231 e. The number of hydrogen-bond acceptors (Lipinski definition) is 4. The fourth-order valence-electron chi connectivity index (χ4n) is 4.03. The summed E-state index contributed by atoms with van der Waals surface area (Å²) in [5, 5.41) is 3.64. The standard InChI is InChI=1S/C21H26N4O2S/c1-4-24-9-8-16-18(12-24)28-21(22-16)23-20(27)15-10-19(26)25(11-15)17-7-5-6-13(2)14(17)3/h5-7,15H,4,8-12H2,1-3H3,(H,22,23,27)/p+1/t15-/m1/s1. The van der Waals surface area contributed by atoms with Gasteiger partial charge in [-0.2, -0.15) is 0 Å². The van der Waals surface area contributed by atoms with Gasteiger partial charge in [0.2, 0.25) is 11.8 Å². The molecule has 0 bridgehead atoms. The summed E-state index contributed by atoms with van der Waals surface area (Å²) in [6, 6.07) is 5.95. The maximum Gasteiger partial charge on any atom is 0.231 e. The Hall–Kier alpha value is -2.25. The highest BCUT2D eigenvalue weighted by Gasteiger charge is 2.36. The molecular weight excluding hydrogens is 372 g/mol. The summed E-state index contributed by atoms with van der Waals surface area (Å²) in [6.07, 6.45) is 1.21. The Bertz CT molecular complexity index is 923. The second kappa shape index (κ2) is 7.64. The van der Waals surface area contributed by atoms with E-state index in [-0.39, 0.29) is 24.2 Å². The summed E-state index contributed by atoms with van der Waals surface area (Å²) in [4.78, 5) is 34.6. The summed E-state index contributed by atoms with van der Waals surface area (Å²) in [7, 11) is 0. The molecule has 0 spiro atoms. The number of nitrogens with zero attached hydrogens (tertiary/aromatic N) is 2. The van der Waals surface area contributed by atoms with Crippen LogP contribution < -0.4 is 15.1 Å². The summed E-state index contributed by atoms with van der Waals surface area (Å²) in [5.41, 5.74) is 4.27. The molecule has 148 valence electrons. The highest BCUT2D eigenvalue weighted by molar-refractivity contribution is 7.15. The molecule has 2 aliphatic heterocycles. The number of aromatic nitrogens is 1. The van der Waals surface area contributed by atoms with Crippen molar-refractivity contribution in [3.63, 3.8) is 0 Å². The average molecular weight is 400 g/mol. The maximum atomic E-state index is 12.8. The number of quaternary nitrogens is 1. The zero-order chi connectivity index (χ0) is 19.8. The molecule has 7 heteroatoms. The van der Waals surface area contributed by atoms with Gasteiger partial charge in [-0.05, 0) is 38.0 Å². The third-order valence-corrected chi connectivity index (χ3v) is 7.01. The van der Waals surface area contributed by atoms with Crippen molar-refractivity contribution in [2.75, 3.05) is 29.9 Å². The molecule has 2 atom stereocenters. The number of carbonyl (C=O) groups excluding carboxylic acids is 2. The van der Waals surface area contributed by atoms with Crippen LogP contribution in [0.15, 0.2) is 18.2 Å². The second-order valence-electron chi connectivity index (χ2n) is 7.78. The Kier molecular flexibility index (Phi) is 5.21. The molecule has 1 aromatic carbocycles. The van der Waals surface area contributed by atoms with Crippen molar-refractivity contribution >= 4 is 34.0 Å². The fourth-order valence-corrected chi connectivity index (χ4v) is 5.12. The Labute approximate surface area is 169 Å². The molecule has 4 rings (SSSR count). The lowest BCUT2D eigenvalue weighted by Crippen LogP contribution is -3.11. The minimum atomic E-state index is -0.342. The van der Waals surface area contributed by atoms with Crippen molar-refractivity contribution in [3.8, 4) is 0 Å². The number of thiazole rings is 1. The first kappa shape index (κ1) is 19.1. The molecule has 1 aromatic heterocycles. The van der Waals surface area contributed by atoms with Gasteiger partial charge >= 0.3 is 0 Å². The third kappa shape index (κ3) is 3.56. The Morgan fingerprint density at radius 1 is 1.39 bits per heavy atom. The number of rotatable bonds is 4. The van der Waals surface area contributed by atoms with Gasteiger partial charge in [0.25, 0.3) is 0 Å². The van der Waals surface area contributed by atoms with Gasteiger partial charge < -0.3 is 15.1 Å². The van der Waals surface area contributed by atoms with E-state index in [4.69, 9.17) is 0 Å². The Morgan fingerprint density at radius 3 is 3.00 bits per heavy atom. The van der Waals surface area contributed by atoms with E-state index in [9.17, 15) is 9.59 Å². The van der Waals surface area contributed by atoms with Gasteiger partial charge in [0, 0.05) is 25.1 Å². The van der Waals surface area contributed by atoms with E-state index in [1.54, 1.807) is 21.1 Å².